The van der Waals surface area contributed by atoms with E-state index in [0.717, 1.165) is 42.7 Å². The molecule has 1 atom stereocenters. The normalized spacial score (nSPS) is 16.8. The van der Waals surface area contributed by atoms with Gasteiger partial charge in [0.1, 0.15) is 12.0 Å². The van der Waals surface area contributed by atoms with Gasteiger partial charge in [0.15, 0.2) is 6.23 Å². The molecule has 4 heterocycles. The topological polar surface area (TPSA) is 94.8 Å². The molecule has 1 aliphatic rings. The standard InChI is InChI=1S/C19H20N6O2/c26-19(16-4-6-20-13-23-16)22-11-14-9-15(12-21-10-14)17-5-7-24-25(17)18-3-1-2-8-27-18/h4-7,9-10,12-13,18H,1-3,8,11H2,(H,22,26)/t18-/m1/s1. The molecular weight excluding hydrogens is 344 g/mol. The molecule has 1 aliphatic heterocycles. The Hall–Kier alpha value is -3.13. The van der Waals surface area contributed by atoms with Crippen molar-refractivity contribution in [2.45, 2.75) is 32.0 Å². The number of nitrogens with zero attached hydrogens (tertiary/aromatic N) is 5. The van der Waals surface area contributed by atoms with Crippen LogP contribution in [0.4, 0.5) is 0 Å². The average molecular weight is 364 g/mol. The summed E-state index contributed by atoms with van der Waals surface area (Å²) in [5.74, 6) is -0.247. The van der Waals surface area contributed by atoms with Crippen molar-refractivity contribution < 1.29 is 9.53 Å². The van der Waals surface area contributed by atoms with Crippen LogP contribution < -0.4 is 5.32 Å². The molecular formula is C19H20N6O2. The molecule has 0 aliphatic carbocycles. The Labute approximate surface area is 156 Å². The molecule has 27 heavy (non-hydrogen) atoms. The van der Waals surface area contributed by atoms with Crippen LogP contribution in [0.1, 0.15) is 41.5 Å². The van der Waals surface area contributed by atoms with Gasteiger partial charge in [-0.15, -0.1) is 0 Å². The second-order valence-corrected chi connectivity index (χ2v) is 6.34. The molecule has 8 heteroatoms. The molecule has 0 spiro atoms. The Morgan fingerprint density at radius 2 is 2.19 bits per heavy atom. The van der Waals surface area contributed by atoms with Crippen LogP contribution >= 0.6 is 0 Å². The maximum absolute atomic E-state index is 12.1. The van der Waals surface area contributed by atoms with Gasteiger partial charge in [0.2, 0.25) is 0 Å². The van der Waals surface area contributed by atoms with Crippen molar-refractivity contribution >= 4 is 5.91 Å². The number of carbonyl (C=O) groups is 1. The van der Waals surface area contributed by atoms with Crippen molar-refractivity contribution in [3.05, 3.63) is 60.6 Å². The quantitative estimate of drug-likeness (QED) is 0.747. The van der Waals surface area contributed by atoms with E-state index in [0.29, 0.717) is 12.2 Å². The maximum Gasteiger partial charge on any atom is 0.270 e. The molecule has 3 aromatic heterocycles. The molecule has 0 radical (unpaired) electrons. The average Bonchev–Trinajstić information content (AvgIpc) is 3.23. The van der Waals surface area contributed by atoms with E-state index in [4.69, 9.17) is 4.74 Å². The summed E-state index contributed by atoms with van der Waals surface area (Å²) in [6.07, 6.45) is 11.4. The lowest BCUT2D eigenvalue weighted by Gasteiger charge is -2.24. The molecule has 0 unspecified atom stereocenters. The number of amides is 1. The fraction of sp³-hybridized carbons (Fsp3) is 0.316. The minimum atomic E-state index is -0.247. The fourth-order valence-electron chi connectivity index (χ4n) is 3.11. The van der Waals surface area contributed by atoms with Gasteiger partial charge in [0.25, 0.3) is 5.91 Å². The van der Waals surface area contributed by atoms with Crippen molar-refractivity contribution in [2.24, 2.45) is 0 Å². The van der Waals surface area contributed by atoms with Crippen molar-refractivity contribution in [2.75, 3.05) is 6.61 Å². The minimum absolute atomic E-state index is 0.0372. The van der Waals surface area contributed by atoms with Crippen LogP contribution in [0.2, 0.25) is 0 Å². The van der Waals surface area contributed by atoms with Crippen molar-refractivity contribution in [3.8, 4) is 11.3 Å². The fourth-order valence-corrected chi connectivity index (χ4v) is 3.11. The van der Waals surface area contributed by atoms with E-state index in [1.807, 2.05) is 16.8 Å². The summed E-state index contributed by atoms with van der Waals surface area (Å²) >= 11 is 0. The largest absolute Gasteiger partial charge is 0.356 e. The van der Waals surface area contributed by atoms with Crippen LogP contribution in [-0.4, -0.2) is 37.2 Å². The summed E-state index contributed by atoms with van der Waals surface area (Å²) in [6, 6.07) is 5.54. The second-order valence-electron chi connectivity index (χ2n) is 6.34. The van der Waals surface area contributed by atoms with E-state index in [1.165, 1.54) is 6.33 Å². The molecule has 0 bridgehead atoms. The number of carbonyl (C=O) groups excluding carboxylic acids is 1. The summed E-state index contributed by atoms with van der Waals surface area (Å²) in [5, 5.41) is 7.29. The second kappa shape index (κ2) is 8.05. The highest BCUT2D eigenvalue weighted by Crippen LogP contribution is 2.28. The van der Waals surface area contributed by atoms with E-state index in [9.17, 15) is 4.79 Å². The van der Waals surface area contributed by atoms with Crippen LogP contribution in [0.5, 0.6) is 0 Å². The lowest BCUT2D eigenvalue weighted by atomic mass is 10.1. The van der Waals surface area contributed by atoms with Gasteiger partial charge in [0, 0.05) is 43.5 Å². The number of nitrogens with one attached hydrogen (secondary N) is 1. The lowest BCUT2D eigenvalue weighted by Crippen LogP contribution is -2.24. The van der Waals surface area contributed by atoms with Crippen LogP contribution in [0.3, 0.4) is 0 Å². The zero-order valence-electron chi connectivity index (χ0n) is 14.8. The first kappa shape index (κ1) is 17.3. The van der Waals surface area contributed by atoms with Gasteiger partial charge in [-0.05, 0) is 43.0 Å². The monoisotopic (exact) mass is 364 g/mol. The van der Waals surface area contributed by atoms with Crippen molar-refractivity contribution in [1.29, 1.82) is 0 Å². The molecule has 8 nitrogen and oxygen atoms in total. The van der Waals surface area contributed by atoms with Gasteiger partial charge < -0.3 is 10.1 Å². The zero-order valence-corrected chi connectivity index (χ0v) is 14.8. The van der Waals surface area contributed by atoms with Gasteiger partial charge in [0.05, 0.1) is 5.69 Å². The summed E-state index contributed by atoms with van der Waals surface area (Å²) in [6.45, 7) is 1.12. The Kier molecular flexibility index (Phi) is 5.15. The van der Waals surface area contributed by atoms with E-state index < -0.39 is 0 Å². The Balaban J connectivity index is 1.48. The van der Waals surface area contributed by atoms with Crippen LogP contribution in [0, 0.1) is 0 Å². The zero-order chi connectivity index (χ0) is 18.5. The maximum atomic E-state index is 12.1. The molecule has 4 rings (SSSR count). The van der Waals surface area contributed by atoms with E-state index in [2.05, 4.69) is 25.4 Å². The summed E-state index contributed by atoms with van der Waals surface area (Å²) in [4.78, 5) is 24.2. The van der Waals surface area contributed by atoms with Crippen LogP contribution in [0.15, 0.2) is 49.3 Å². The highest BCUT2D eigenvalue weighted by Gasteiger charge is 2.19. The van der Waals surface area contributed by atoms with Gasteiger partial charge >= 0.3 is 0 Å². The molecule has 1 fully saturated rings. The van der Waals surface area contributed by atoms with Crippen molar-refractivity contribution in [3.63, 3.8) is 0 Å². The number of aromatic nitrogens is 5. The minimum Gasteiger partial charge on any atom is -0.356 e. The number of hydrogen-bond acceptors (Lipinski definition) is 6. The third kappa shape index (κ3) is 4.01. The number of hydrogen-bond donors (Lipinski definition) is 1. The Morgan fingerprint density at radius 1 is 1.22 bits per heavy atom. The Morgan fingerprint density at radius 3 is 3.00 bits per heavy atom. The van der Waals surface area contributed by atoms with Gasteiger partial charge in [-0.2, -0.15) is 5.10 Å². The van der Waals surface area contributed by atoms with Gasteiger partial charge in [-0.3, -0.25) is 9.78 Å². The molecule has 138 valence electrons. The lowest BCUT2D eigenvalue weighted by molar-refractivity contribution is -0.0383. The highest BCUT2D eigenvalue weighted by molar-refractivity contribution is 5.92. The van der Waals surface area contributed by atoms with E-state index in [1.54, 1.807) is 30.9 Å². The molecule has 1 saturated heterocycles. The summed E-state index contributed by atoms with van der Waals surface area (Å²) in [7, 11) is 0. The molecule has 1 amide bonds. The molecule has 3 aromatic rings. The summed E-state index contributed by atoms with van der Waals surface area (Å²) in [5.41, 5.74) is 3.13. The number of pyridine rings is 1. The van der Waals surface area contributed by atoms with E-state index >= 15 is 0 Å². The third-order valence-electron chi connectivity index (χ3n) is 4.46. The molecule has 1 N–H and O–H groups in total. The number of ether oxygens (including phenoxy) is 1. The predicted molar refractivity (Wildman–Crippen MR) is 97.5 cm³/mol. The first-order valence-electron chi connectivity index (χ1n) is 8.95. The first-order valence-corrected chi connectivity index (χ1v) is 8.95. The molecule has 0 saturated carbocycles. The highest BCUT2D eigenvalue weighted by atomic mass is 16.5. The smallest absolute Gasteiger partial charge is 0.270 e. The predicted octanol–water partition coefficient (Wildman–Crippen LogP) is 2.36. The molecule has 0 aromatic carbocycles. The van der Waals surface area contributed by atoms with E-state index in [-0.39, 0.29) is 12.1 Å². The first-order chi connectivity index (χ1) is 13.3. The van der Waals surface area contributed by atoms with Crippen molar-refractivity contribution in [1.82, 2.24) is 30.0 Å². The third-order valence-corrected chi connectivity index (χ3v) is 4.46. The van der Waals surface area contributed by atoms with Gasteiger partial charge in [-0.1, -0.05) is 0 Å². The number of rotatable bonds is 5. The van der Waals surface area contributed by atoms with Crippen LogP contribution in [-0.2, 0) is 11.3 Å². The van der Waals surface area contributed by atoms with Crippen LogP contribution in [0.25, 0.3) is 11.3 Å². The SMILES string of the molecule is O=C(NCc1cncc(-c2ccnn2[C@H]2CCCCO2)c1)c1ccncn1. The Bertz CT molecular complexity index is 905. The van der Waals surface area contributed by atoms with Gasteiger partial charge in [-0.25, -0.2) is 14.6 Å². The summed E-state index contributed by atoms with van der Waals surface area (Å²) < 4.78 is 7.77.